The van der Waals surface area contributed by atoms with Gasteiger partial charge in [-0.25, -0.2) is 4.79 Å². The quantitative estimate of drug-likeness (QED) is 0.0624. The number of aliphatic hydroxyl groups is 4. The van der Waals surface area contributed by atoms with Gasteiger partial charge in [0, 0.05) is 12.0 Å². The molecule has 2 rings (SSSR count). The highest BCUT2D eigenvalue weighted by atomic mass is 16.5. The zero-order chi connectivity index (χ0) is 30.6. The van der Waals surface area contributed by atoms with Crippen molar-refractivity contribution < 1.29 is 34.7 Å². The summed E-state index contributed by atoms with van der Waals surface area (Å²) in [6.45, 7) is 4.07. The highest BCUT2D eigenvalue weighted by molar-refractivity contribution is 5.90. The summed E-state index contributed by atoms with van der Waals surface area (Å²) in [7, 11) is 0. The first-order valence-electron chi connectivity index (χ1n) is 17.6. The number of ether oxygens (including phenoxy) is 2. The number of carbonyl (C=O) groups excluding carboxylic acids is 1. The standard InChI is InChI=1S/C35H64O7/c1-3-4-5-6-7-8-9-10-11-15-21-31(38)33-23-24-34(42-33)32(39)22-17-16-19-29(36)18-13-12-14-20-30(37)26-28-25-27(2)41-35(28)40/h25,27,29-34,36-39H,3-24,26H2,1-2H3/t27-,29-,30+,31+,32-,33-,34+/m1/s1. The van der Waals surface area contributed by atoms with Gasteiger partial charge in [-0.2, -0.15) is 0 Å². The second-order valence-corrected chi connectivity index (χ2v) is 13.1. The molecule has 4 N–H and O–H groups in total. The molecular formula is C35H64O7. The fourth-order valence-corrected chi connectivity index (χ4v) is 6.42. The van der Waals surface area contributed by atoms with Gasteiger partial charge in [0.15, 0.2) is 0 Å². The molecule has 1 saturated heterocycles. The van der Waals surface area contributed by atoms with Crippen LogP contribution in [0.15, 0.2) is 11.6 Å². The molecule has 42 heavy (non-hydrogen) atoms. The maximum absolute atomic E-state index is 11.6. The van der Waals surface area contributed by atoms with E-state index in [1.807, 2.05) is 6.92 Å². The second-order valence-electron chi connectivity index (χ2n) is 13.1. The average Bonchev–Trinajstić information content (AvgIpc) is 3.58. The van der Waals surface area contributed by atoms with Crippen LogP contribution in [-0.4, -0.2) is 69.1 Å². The van der Waals surface area contributed by atoms with Crippen LogP contribution < -0.4 is 0 Å². The van der Waals surface area contributed by atoms with Crippen molar-refractivity contribution >= 4 is 5.97 Å². The zero-order valence-electron chi connectivity index (χ0n) is 26.9. The van der Waals surface area contributed by atoms with Gasteiger partial charge in [-0.3, -0.25) is 0 Å². The van der Waals surface area contributed by atoms with Crippen molar-refractivity contribution in [3.05, 3.63) is 11.6 Å². The van der Waals surface area contributed by atoms with Crippen molar-refractivity contribution in [1.82, 2.24) is 0 Å². The highest BCUT2D eigenvalue weighted by Crippen LogP contribution is 2.28. The molecule has 7 heteroatoms. The lowest BCUT2D eigenvalue weighted by atomic mass is 9.99. The van der Waals surface area contributed by atoms with E-state index in [0.717, 1.165) is 70.6 Å². The lowest BCUT2D eigenvalue weighted by molar-refractivity contribution is -0.139. The van der Waals surface area contributed by atoms with E-state index in [1.54, 1.807) is 6.08 Å². The predicted molar refractivity (Wildman–Crippen MR) is 168 cm³/mol. The average molecular weight is 597 g/mol. The minimum atomic E-state index is -0.530. The highest BCUT2D eigenvalue weighted by Gasteiger charge is 2.34. The third-order valence-electron chi connectivity index (χ3n) is 9.11. The van der Waals surface area contributed by atoms with Crippen LogP contribution in [0.2, 0.25) is 0 Å². The Morgan fingerprint density at radius 1 is 0.667 bits per heavy atom. The van der Waals surface area contributed by atoms with Crippen LogP contribution in [0.4, 0.5) is 0 Å². The van der Waals surface area contributed by atoms with Crippen LogP contribution >= 0.6 is 0 Å². The van der Waals surface area contributed by atoms with E-state index in [2.05, 4.69) is 6.92 Å². The molecule has 0 aromatic rings. The van der Waals surface area contributed by atoms with Gasteiger partial charge >= 0.3 is 5.97 Å². The van der Waals surface area contributed by atoms with E-state index >= 15 is 0 Å². The van der Waals surface area contributed by atoms with Crippen LogP contribution in [0.5, 0.6) is 0 Å². The maximum Gasteiger partial charge on any atom is 0.334 e. The first-order chi connectivity index (χ1) is 20.3. The second kappa shape index (κ2) is 22.5. The maximum atomic E-state index is 11.6. The summed E-state index contributed by atoms with van der Waals surface area (Å²) in [5, 5.41) is 41.7. The molecule has 0 aromatic carbocycles. The van der Waals surface area contributed by atoms with Crippen molar-refractivity contribution in [2.75, 3.05) is 0 Å². The minimum Gasteiger partial charge on any atom is -0.455 e. The summed E-state index contributed by atoms with van der Waals surface area (Å²) >= 11 is 0. The van der Waals surface area contributed by atoms with Crippen LogP contribution in [0.3, 0.4) is 0 Å². The van der Waals surface area contributed by atoms with Crippen molar-refractivity contribution in [3.63, 3.8) is 0 Å². The smallest absolute Gasteiger partial charge is 0.334 e. The van der Waals surface area contributed by atoms with Gasteiger partial charge in [0.25, 0.3) is 0 Å². The van der Waals surface area contributed by atoms with Crippen molar-refractivity contribution in [1.29, 1.82) is 0 Å². The SMILES string of the molecule is CCCCCCCCCCCC[C@H](O)[C@H]1CC[C@@H]([C@H](O)CCCC[C@H](O)CCCCC[C@H](O)CC2=C[C@@H](C)OC2=O)O1. The molecule has 2 heterocycles. The Morgan fingerprint density at radius 2 is 1.10 bits per heavy atom. The normalized spacial score (nSPS) is 23.5. The number of hydrogen-bond acceptors (Lipinski definition) is 7. The van der Waals surface area contributed by atoms with Gasteiger partial charge in [0.1, 0.15) is 6.10 Å². The lowest BCUT2D eigenvalue weighted by Crippen LogP contribution is -2.31. The van der Waals surface area contributed by atoms with Gasteiger partial charge in [-0.1, -0.05) is 103 Å². The Balaban J connectivity index is 1.41. The number of hydrogen-bond donors (Lipinski definition) is 4. The van der Waals surface area contributed by atoms with Gasteiger partial charge in [0.2, 0.25) is 0 Å². The first-order valence-corrected chi connectivity index (χ1v) is 17.6. The van der Waals surface area contributed by atoms with E-state index in [9.17, 15) is 25.2 Å². The van der Waals surface area contributed by atoms with E-state index in [-0.39, 0.29) is 30.4 Å². The van der Waals surface area contributed by atoms with E-state index in [0.29, 0.717) is 24.8 Å². The predicted octanol–water partition coefficient (Wildman–Crippen LogP) is 7.06. The molecule has 0 aliphatic carbocycles. The monoisotopic (exact) mass is 596 g/mol. The van der Waals surface area contributed by atoms with Gasteiger partial charge in [-0.15, -0.1) is 0 Å². The summed E-state index contributed by atoms with van der Waals surface area (Å²) < 4.78 is 11.1. The number of unbranched alkanes of at least 4 members (excludes halogenated alkanes) is 12. The van der Waals surface area contributed by atoms with Crippen molar-refractivity contribution in [3.8, 4) is 0 Å². The number of carbonyl (C=O) groups is 1. The van der Waals surface area contributed by atoms with Gasteiger partial charge in [0.05, 0.1) is 36.6 Å². The molecule has 2 aliphatic heterocycles. The molecular weight excluding hydrogens is 532 g/mol. The first kappa shape index (κ1) is 37.2. The Kier molecular flexibility index (Phi) is 19.9. The topological polar surface area (TPSA) is 116 Å². The molecule has 0 radical (unpaired) electrons. The molecule has 1 fully saturated rings. The summed E-state index contributed by atoms with van der Waals surface area (Å²) in [6.07, 6.45) is 22.4. The molecule has 7 nitrogen and oxygen atoms in total. The van der Waals surface area contributed by atoms with E-state index in [1.165, 1.54) is 57.8 Å². The zero-order valence-corrected chi connectivity index (χ0v) is 26.9. The van der Waals surface area contributed by atoms with Crippen LogP contribution in [-0.2, 0) is 14.3 Å². The van der Waals surface area contributed by atoms with E-state index < -0.39 is 18.3 Å². The summed E-state index contributed by atoms with van der Waals surface area (Å²) in [6, 6.07) is 0. The molecule has 0 amide bonds. The number of rotatable bonds is 26. The summed E-state index contributed by atoms with van der Waals surface area (Å²) in [5.74, 6) is -0.314. The van der Waals surface area contributed by atoms with Crippen LogP contribution in [0.25, 0.3) is 0 Å². The Hall–Kier alpha value is -0.990. The lowest BCUT2D eigenvalue weighted by Gasteiger charge is -2.22. The largest absolute Gasteiger partial charge is 0.455 e. The summed E-state index contributed by atoms with van der Waals surface area (Å²) in [5.41, 5.74) is 0.576. The summed E-state index contributed by atoms with van der Waals surface area (Å²) in [4.78, 5) is 11.6. The Morgan fingerprint density at radius 3 is 1.62 bits per heavy atom. The molecule has 7 atom stereocenters. The Labute approximate surface area is 256 Å². The van der Waals surface area contributed by atoms with Crippen LogP contribution in [0.1, 0.15) is 162 Å². The fourth-order valence-electron chi connectivity index (χ4n) is 6.42. The molecule has 0 unspecified atom stereocenters. The van der Waals surface area contributed by atoms with Gasteiger partial charge < -0.3 is 29.9 Å². The molecule has 0 aromatic heterocycles. The van der Waals surface area contributed by atoms with E-state index in [4.69, 9.17) is 9.47 Å². The minimum absolute atomic E-state index is 0.147. The number of esters is 1. The number of cyclic esters (lactones) is 1. The van der Waals surface area contributed by atoms with Crippen molar-refractivity contribution in [2.24, 2.45) is 0 Å². The third kappa shape index (κ3) is 16.2. The van der Waals surface area contributed by atoms with Crippen molar-refractivity contribution in [2.45, 2.75) is 204 Å². The number of aliphatic hydroxyl groups excluding tert-OH is 4. The molecule has 2 aliphatic rings. The molecule has 0 bridgehead atoms. The fraction of sp³-hybridized carbons (Fsp3) is 0.914. The molecule has 246 valence electrons. The third-order valence-corrected chi connectivity index (χ3v) is 9.11. The van der Waals surface area contributed by atoms with Crippen LogP contribution in [0, 0.1) is 0 Å². The molecule has 0 saturated carbocycles. The van der Waals surface area contributed by atoms with Gasteiger partial charge in [-0.05, 0) is 57.9 Å². The Bertz CT molecular complexity index is 726. The molecule has 0 spiro atoms.